The van der Waals surface area contributed by atoms with Crippen molar-refractivity contribution >= 4 is 38.4 Å². The number of carbonyl (C=O) groups is 1. The Labute approximate surface area is 138 Å². The highest BCUT2D eigenvalue weighted by Crippen LogP contribution is 2.31. The number of nitrogens with zero attached hydrogens (tertiary/aromatic N) is 2. The maximum atomic E-state index is 11.7. The van der Waals surface area contributed by atoms with Crippen LogP contribution in [0, 0.1) is 0 Å². The van der Waals surface area contributed by atoms with Crippen LogP contribution in [0.1, 0.15) is 6.42 Å². The number of ether oxygens (including phenoxy) is 1. The Morgan fingerprint density at radius 3 is 3.00 bits per heavy atom. The maximum absolute atomic E-state index is 11.7. The lowest BCUT2D eigenvalue weighted by atomic mass is 10.3. The smallest absolute Gasteiger partial charge is 0.319 e. The molecule has 2 amide bonds. The topological polar surface area (TPSA) is 86.7 Å². The van der Waals surface area contributed by atoms with Crippen molar-refractivity contribution in [2.45, 2.75) is 6.42 Å². The molecule has 0 saturated carbocycles. The number of hydrogen-bond acceptors (Lipinski definition) is 6. The number of fused-ring (bicyclic) bond motifs is 1. The molecule has 2 aromatic rings. The second-order valence-corrected chi connectivity index (χ2v) is 6.25. The summed E-state index contributed by atoms with van der Waals surface area (Å²) in [5, 5.41) is 15.2. The molecule has 1 aromatic heterocycles. The van der Waals surface area contributed by atoms with Gasteiger partial charge in [-0.3, -0.25) is 0 Å². The van der Waals surface area contributed by atoms with Gasteiger partial charge in [-0.25, -0.2) is 9.78 Å². The second kappa shape index (κ2) is 7.58. The zero-order valence-electron chi connectivity index (χ0n) is 12.7. The number of aliphatic hydroxyl groups excluding tert-OH is 1. The summed E-state index contributed by atoms with van der Waals surface area (Å²) in [5.74, 6) is 0. The normalized spacial score (nSPS) is 14.9. The Morgan fingerprint density at radius 2 is 2.22 bits per heavy atom. The van der Waals surface area contributed by atoms with E-state index >= 15 is 0 Å². The SMILES string of the molecule is O=C(NCCCO)Nc1ccc2nc(N3CCOCC3)sc2c1. The molecule has 0 atom stereocenters. The van der Waals surface area contributed by atoms with Gasteiger partial charge in [0.05, 0.1) is 23.4 Å². The Kier molecular flexibility index (Phi) is 5.27. The molecule has 0 spiro atoms. The van der Waals surface area contributed by atoms with Gasteiger partial charge in [0.15, 0.2) is 5.13 Å². The first-order valence-corrected chi connectivity index (χ1v) is 8.47. The van der Waals surface area contributed by atoms with E-state index in [0.29, 0.717) is 13.0 Å². The zero-order valence-corrected chi connectivity index (χ0v) is 13.6. The molecule has 8 heteroatoms. The average Bonchev–Trinajstić information content (AvgIpc) is 2.99. The van der Waals surface area contributed by atoms with Crippen LogP contribution in [-0.2, 0) is 4.74 Å². The van der Waals surface area contributed by atoms with E-state index in [0.717, 1.165) is 47.3 Å². The number of carbonyl (C=O) groups excluding carboxylic acids is 1. The van der Waals surface area contributed by atoms with Crippen molar-refractivity contribution in [2.24, 2.45) is 0 Å². The summed E-state index contributed by atoms with van der Waals surface area (Å²) in [7, 11) is 0. The standard InChI is InChI=1S/C15H20N4O3S/c20-7-1-4-16-14(21)17-11-2-3-12-13(10-11)23-15(18-12)19-5-8-22-9-6-19/h2-3,10,20H,1,4-9H2,(H2,16,17,21). The molecule has 1 aliphatic rings. The van der Waals surface area contributed by atoms with E-state index in [-0.39, 0.29) is 12.6 Å². The Balaban J connectivity index is 1.67. The number of anilines is 2. The largest absolute Gasteiger partial charge is 0.396 e. The molecule has 2 heterocycles. The van der Waals surface area contributed by atoms with E-state index in [2.05, 4.69) is 20.5 Å². The summed E-state index contributed by atoms with van der Waals surface area (Å²) in [5.41, 5.74) is 1.67. The van der Waals surface area contributed by atoms with Crippen LogP contribution < -0.4 is 15.5 Å². The van der Waals surface area contributed by atoms with Gasteiger partial charge < -0.3 is 25.4 Å². The number of aromatic nitrogens is 1. The van der Waals surface area contributed by atoms with Crippen molar-refractivity contribution in [3.8, 4) is 0 Å². The number of hydrogen-bond donors (Lipinski definition) is 3. The highest BCUT2D eigenvalue weighted by molar-refractivity contribution is 7.22. The van der Waals surface area contributed by atoms with Crippen molar-refractivity contribution in [2.75, 3.05) is 49.7 Å². The lowest BCUT2D eigenvalue weighted by molar-refractivity contribution is 0.122. The predicted octanol–water partition coefficient (Wildman–Crippen LogP) is 1.64. The van der Waals surface area contributed by atoms with Crippen LogP contribution in [0.25, 0.3) is 10.2 Å². The summed E-state index contributed by atoms with van der Waals surface area (Å²) in [6.45, 7) is 3.70. The molecule has 1 saturated heterocycles. The third-order valence-corrected chi connectivity index (χ3v) is 4.62. The lowest BCUT2D eigenvalue weighted by Crippen LogP contribution is -2.36. The number of aliphatic hydroxyl groups is 1. The maximum Gasteiger partial charge on any atom is 0.319 e. The van der Waals surface area contributed by atoms with Gasteiger partial charge in [0.25, 0.3) is 0 Å². The van der Waals surface area contributed by atoms with Crippen LogP contribution in [0.4, 0.5) is 15.6 Å². The van der Waals surface area contributed by atoms with Crippen LogP contribution in [0.5, 0.6) is 0 Å². The van der Waals surface area contributed by atoms with Crippen molar-refractivity contribution in [1.82, 2.24) is 10.3 Å². The fourth-order valence-corrected chi connectivity index (χ4v) is 3.39. The van der Waals surface area contributed by atoms with E-state index in [1.807, 2.05) is 18.2 Å². The molecule has 1 aliphatic heterocycles. The minimum Gasteiger partial charge on any atom is -0.396 e. The van der Waals surface area contributed by atoms with Gasteiger partial charge in [0, 0.05) is 31.9 Å². The Hall–Kier alpha value is -1.90. The quantitative estimate of drug-likeness (QED) is 0.723. The molecule has 3 rings (SSSR count). The minimum atomic E-state index is -0.268. The van der Waals surface area contributed by atoms with Crippen molar-refractivity contribution in [1.29, 1.82) is 0 Å². The highest BCUT2D eigenvalue weighted by Gasteiger charge is 2.15. The number of nitrogens with one attached hydrogen (secondary N) is 2. The molecule has 7 nitrogen and oxygen atoms in total. The van der Waals surface area contributed by atoms with E-state index < -0.39 is 0 Å². The first-order valence-electron chi connectivity index (χ1n) is 7.65. The van der Waals surface area contributed by atoms with Crippen LogP contribution in [0.15, 0.2) is 18.2 Å². The lowest BCUT2D eigenvalue weighted by Gasteiger charge is -2.25. The van der Waals surface area contributed by atoms with Crippen molar-refractivity contribution in [3.05, 3.63) is 18.2 Å². The summed E-state index contributed by atoms with van der Waals surface area (Å²) in [6, 6.07) is 5.43. The van der Waals surface area contributed by atoms with E-state index in [1.165, 1.54) is 0 Å². The van der Waals surface area contributed by atoms with Gasteiger partial charge in [-0.2, -0.15) is 0 Å². The fraction of sp³-hybridized carbons (Fsp3) is 0.467. The summed E-state index contributed by atoms with van der Waals surface area (Å²) < 4.78 is 6.40. The summed E-state index contributed by atoms with van der Waals surface area (Å²) in [4.78, 5) is 18.6. The molecule has 0 aliphatic carbocycles. The first-order chi connectivity index (χ1) is 11.3. The Morgan fingerprint density at radius 1 is 1.39 bits per heavy atom. The van der Waals surface area contributed by atoms with Gasteiger partial charge in [0.1, 0.15) is 0 Å². The minimum absolute atomic E-state index is 0.0669. The molecule has 3 N–H and O–H groups in total. The number of thiazole rings is 1. The highest BCUT2D eigenvalue weighted by atomic mass is 32.1. The van der Waals surface area contributed by atoms with Crippen LogP contribution >= 0.6 is 11.3 Å². The molecule has 0 radical (unpaired) electrons. The van der Waals surface area contributed by atoms with E-state index in [4.69, 9.17) is 9.84 Å². The van der Waals surface area contributed by atoms with Crippen LogP contribution in [-0.4, -0.2) is 55.6 Å². The monoisotopic (exact) mass is 336 g/mol. The zero-order chi connectivity index (χ0) is 16.1. The van der Waals surface area contributed by atoms with Crippen molar-refractivity contribution < 1.29 is 14.6 Å². The van der Waals surface area contributed by atoms with Gasteiger partial charge in [-0.05, 0) is 24.6 Å². The number of urea groups is 1. The molecule has 0 unspecified atom stereocenters. The van der Waals surface area contributed by atoms with Gasteiger partial charge in [-0.15, -0.1) is 0 Å². The average molecular weight is 336 g/mol. The van der Waals surface area contributed by atoms with Crippen LogP contribution in [0.3, 0.4) is 0 Å². The molecule has 0 bridgehead atoms. The van der Waals surface area contributed by atoms with Gasteiger partial charge in [0.2, 0.25) is 0 Å². The first kappa shape index (κ1) is 16.0. The van der Waals surface area contributed by atoms with Gasteiger partial charge in [-0.1, -0.05) is 11.3 Å². The fourth-order valence-electron chi connectivity index (χ4n) is 2.34. The molecule has 124 valence electrons. The molecule has 1 aromatic carbocycles. The van der Waals surface area contributed by atoms with Crippen molar-refractivity contribution in [3.63, 3.8) is 0 Å². The van der Waals surface area contributed by atoms with Crippen LogP contribution in [0.2, 0.25) is 0 Å². The molecule has 23 heavy (non-hydrogen) atoms. The number of morpholine rings is 1. The molecule has 1 fully saturated rings. The van der Waals surface area contributed by atoms with E-state index in [9.17, 15) is 4.79 Å². The Bertz CT molecular complexity index is 670. The second-order valence-electron chi connectivity index (χ2n) is 5.24. The number of rotatable bonds is 5. The predicted molar refractivity (Wildman–Crippen MR) is 91.4 cm³/mol. The third kappa shape index (κ3) is 4.10. The summed E-state index contributed by atoms with van der Waals surface area (Å²) in [6.07, 6.45) is 0.546. The van der Waals surface area contributed by atoms with E-state index in [1.54, 1.807) is 11.3 Å². The molecular formula is C15H20N4O3S. The number of amides is 2. The molecular weight excluding hydrogens is 316 g/mol. The number of benzene rings is 1. The third-order valence-electron chi connectivity index (χ3n) is 3.54. The summed E-state index contributed by atoms with van der Waals surface area (Å²) >= 11 is 1.62. The van der Waals surface area contributed by atoms with Gasteiger partial charge >= 0.3 is 6.03 Å².